The lowest BCUT2D eigenvalue weighted by Crippen LogP contribution is -2.33. The smallest absolute Gasteiger partial charge is 0.251 e. The summed E-state index contributed by atoms with van der Waals surface area (Å²) in [4.78, 5) is 30.0. The number of primary amides is 1. The number of pyridine rings is 1. The van der Waals surface area contributed by atoms with E-state index in [-0.39, 0.29) is 24.4 Å². The Kier molecular flexibility index (Phi) is 7.38. The number of carbonyl (C=O) groups excluding carboxylic acids is 2. The predicted octanol–water partition coefficient (Wildman–Crippen LogP) is 6.47. The third kappa shape index (κ3) is 5.70. The maximum Gasteiger partial charge on any atom is 0.251 e. The van der Waals surface area contributed by atoms with E-state index in [9.17, 15) is 22.8 Å². The monoisotopic (exact) mass is 578 g/mol. The number of amides is 2. The van der Waals surface area contributed by atoms with Crippen molar-refractivity contribution in [3.05, 3.63) is 138 Å². The second-order valence-corrected chi connectivity index (χ2v) is 10.3. The lowest BCUT2D eigenvalue weighted by atomic mass is 9.94. The molecular weight excluding hydrogens is 553 g/mol. The number of benzene rings is 4. The number of nitrogens with zero attached hydrogens (tertiary/aromatic N) is 2. The lowest BCUT2D eigenvalue weighted by Gasteiger charge is -2.22. The average Bonchev–Trinajstić information content (AvgIpc) is 3.39. The molecule has 2 heterocycles. The summed E-state index contributed by atoms with van der Waals surface area (Å²) >= 11 is 0. The van der Waals surface area contributed by atoms with E-state index in [1.807, 2.05) is 53.2 Å². The molecule has 0 unspecified atom stereocenters. The topological polar surface area (TPSA) is 90.0 Å². The van der Waals surface area contributed by atoms with E-state index in [1.54, 1.807) is 12.1 Å². The summed E-state index contributed by atoms with van der Waals surface area (Å²) in [6.07, 6.45) is 3.36. The van der Waals surface area contributed by atoms with E-state index in [0.29, 0.717) is 22.4 Å². The highest BCUT2D eigenvalue weighted by molar-refractivity contribution is 6.06. The third-order valence-corrected chi connectivity index (χ3v) is 7.38. The van der Waals surface area contributed by atoms with Crippen molar-refractivity contribution in [2.45, 2.75) is 19.0 Å². The van der Waals surface area contributed by atoms with Gasteiger partial charge in [0.2, 0.25) is 5.91 Å². The van der Waals surface area contributed by atoms with Crippen LogP contribution >= 0.6 is 0 Å². The van der Waals surface area contributed by atoms with Crippen LogP contribution in [0.15, 0.2) is 103 Å². The first-order valence-corrected chi connectivity index (χ1v) is 13.5. The van der Waals surface area contributed by atoms with E-state index in [2.05, 4.69) is 10.3 Å². The van der Waals surface area contributed by atoms with Crippen LogP contribution in [0.1, 0.15) is 27.7 Å². The highest BCUT2D eigenvalue weighted by Crippen LogP contribution is 2.31. The van der Waals surface area contributed by atoms with Gasteiger partial charge in [-0.25, -0.2) is 13.2 Å². The fraction of sp³-hybridized carbons (Fsp3) is 0.0882. The van der Waals surface area contributed by atoms with Gasteiger partial charge in [-0.3, -0.25) is 14.6 Å². The zero-order valence-electron chi connectivity index (χ0n) is 22.7. The number of rotatable bonds is 8. The van der Waals surface area contributed by atoms with Crippen LogP contribution in [0.25, 0.3) is 32.8 Å². The minimum atomic E-state index is -0.934. The van der Waals surface area contributed by atoms with Crippen molar-refractivity contribution in [2.24, 2.45) is 5.73 Å². The van der Waals surface area contributed by atoms with Gasteiger partial charge >= 0.3 is 0 Å². The maximum absolute atomic E-state index is 14.3. The summed E-state index contributed by atoms with van der Waals surface area (Å²) in [5.41, 5.74) is 7.57. The van der Waals surface area contributed by atoms with Gasteiger partial charge in [-0.05, 0) is 59.3 Å². The summed E-state index contributed by atoms with van der Waals surface area (Å²) in [6.45, 7) is -0.0317. The van der Waals surface area contributed by atoms with Gasteiger partial charge in [0.1, 0.15) is 24.0 Å². The van der Waals surface area contributed by atoms with Gasteiger partial charge in [-0.2, -0.15) is 0 Å². The van der Waals surface area contributed by atoms with Crippen molar-refractivity contribution in [2.75, 3.05) is 0 Å². The van der Waals surface area contributed by atoms with E-state index in [4.69, 9.17) is 5.73 Å². The zero-order valence-corrected chi connectivity index (χ0v) is 22.7. The Hall–Kier alpha value is -5.44. The summed E-state index contributed by atoms with van der Waals surface area (Å²) < 4.78 is 44.4. The molecule has 1 atom stereocenters. The minimum Gasteiger partial charge on any atom is -0.366 e. The summed E-state index contributed by atoms with van der Waals surface area (Å²) in [7, 11) is 0. The molecule has 6 rings (SSSR count). The zero-order chi connectivity index (χ0) is 30.1. The molecule has 9 heteroatoms. The van der Waals surface area contributed by atoms with Crippen molar-refractivity contribution in [1.29, 1.82) is 0 Å². The Labute approximate surface area is 244 Å². The summed E-state index contributed by atoms with van der Waals surface area (Å²) in [5, 5.41) is 6.01. The molecule has 2 amide bonds. The van der Waals surface area contributed by atoms with Crippen LogP contribution in [0.3, 0.4) is 0 Å². The van der Waals surface area contributed by atoms with Gasteiger partial charge in [-0.15, -0.1) is 0 Å². The second kappa shape index (κ2) is 11.4. The van der Waals surface area contributed by atoms with Crippen molar-refractivity contribution in [3.8, 4) is 11.1 Å². The number of nitrogens with one attached hydrogen (secondary N) is 1. The molecule has 3 N–H and O–H groups in total. The Bertz CT molecular complexity index is 2000. The average molecular weight is 579 g/mol. The van der Waals surface area contributed by atoms with Gasteiger partial charge in [0.05, 0.1) is 22.8 Å². The van der Waals surface area contributed by atoms with E-state index in [1.165, 1.54) is 30.5 Å². The Balaban J connectivity index is 1.39. The van der Waals surface area contributed by atoms with Crippen LogP contribution in [0.2, 0.25) is 0 Å². The number of nitrogens with two attached hydrogens (primary N) is 1. The van der Waals surface area contributed by atoms with Gasteiger partial charge in [-0.1, -0.05) is 48.5 Å². The Morgan fingerprint density at radius 1 is 0.860 bits per heavy atom. The second-order valence-electron chi connectivity index (χ2n) is 10.3. The van der Waals surface area contributed by atoms with Crippen LogP contribution in [-0.2, 0) is 17.8 Å². The van der Waals surface area contributed by atoms with Crippen molar-refractivity contribution >= 4 is 33.5 Å². The quantitative estimate of drug-likeness (QED) is 0.217. The minimum absolute atomic E-state index is 0.00363. The first-order valence-electron chi connectivity index (χ1n) is 13.5. The van der Waals surface area contributed by atoms with Gasteiger partial charge in [0.15, 0.2) is 0 Å². The molecular formula is C34H25F3N4O2. The molecule has 43 heavy (non-hydrogen) atoms. The molecule has 0 aliphatic rings. The van der Waals surface area contributed by atoms with E-state index < -0.39 is 29.4 Å². The lowest BCUT2D eigenvalue weighted by molar-refractivity contribution is -0.122. The molecule has 0 aliphatic carbocycles. The Morgan fingerprint density at radius 2 is 1.63 bits per heavy atom. The summed E-state index contributed by atoms with van der Waals surface area (Å²) in [5.74, 6) is -3.57. The van der Waals surface area contributed by atoms with Crippen molar-refractivity contribution in [3.63, 3.8) is 0 Å². The van der Waals surface area contributed by atoms with Crippen LogP contribution in [0, 0.1) is 17.5 Å². The Morgan fingerprint density at radius 3 is 2.42 bits per heavy atom. The van der Waals surface area contributed by atoms with Crippen LogP contribution in [-0.4, -0.2) is 21.4 Å². The SMILES string of the molecule is NC(=O)c1cc(-c2cccnc2[C@H](Cc2cc(F)cc(F)c2)NC(=O)Cn2ccc3ccc4ccccc4c32)ccc1F. The normalized spacial score (nSPS) is 12.0. The highest BCUT2D eigenvalue weighted by Gasteiger charge is 2.23. The fourth-order valence-electron chi connectivity index (χ4n) is 5.50. The van der Waals surface area contributed by atoms with E-state index in [0.717, 1.165) is 33.8 Å². The molecule has 4 aromatic carbocycles. The molecule has 0 bridgehead atoms. The molecule has 214 valence electrons. The van der Waals surface area contributed by atoms with Crippen LogP contribution < -0.4 is 11.1 Å². The molecule has 6 aromatic rings. The molecule has 0 aliphatic heterocycles. The molecule has 0 saturated carbocycles. The molecule has 0 radical (unpaired) electrons. The first kappa shape index (κ1) is 27.7. The van der Waals surface area contributed by atoms with Crippen molar-refractivity contribution < 1.29 is 22.8 Å². The van der Waals surface area contributed by atoms with Crippen LogP contribution in [0.5, 0.6) is 0 Å². The van der Waals surface area contributed by atoms with Gasteiger partial charge < -0.3 is 15.6 Å². The fourth-order valence-corrected chi connectivity index (χ4v) is 5.50. The summed E-state index contributed by atoms with van der Waals surface area (Å²) in [6, 6.07) is 23.4. The maximum atomic E-state index is 14.3. The van der Waals surface area contributed by atoms with Crippen LogP contribution in [0.4, 0.5) is 13.2 Å². The highest BCUT2D eigenvalue weighted by atomic mass is 19.1. The first-order chi connectivity index (χ1) is 20.8. The number of hydrogen-bond donors (Lipinski definition) is 2. The third-order valence-electron chi connectivity index (χ3n) is 7.38. The van der Waals surface area contributed by atoms with Gasteiger partial charge in [0.25, 0.3) is 5.91 Å². The largest absolute Gasteiger partial charge is 0.366 e. The van der Waals surface area contributed by atoms with E-state index >= 15 is 0 Å². The molecule has 0 fully saturated rings. The molecule has 0 saturated heterocycles. The molecule has 0 spiro atoms. The number of hydrogen-bond acceptors (Lipinski definition) is 3. The molecule has 6 nitrogen and oxygen atoms in total. The number of aromatic nitrogens is 2. The number of carbonyl (C=O) groups is 2. The predicted molar refractivity (Wildman–Crippen MR) is 159 cm³/mol. The van der Waals surface area contributed by atoms with Gasteiger partial charge in [0, 0.05) is 34.8 Å². The molecule has 2 aromatic heterocycles. The standard InChI is InChI=1S/C34H25F3N4O2/c35-24-14-20(15-25(36)18-24)16-30(32-26(6-3-12-39-32)23-9-10-29(37)28(17-23)34(38)43)40-31(42)19-41-13-11-22-8-7-21-4-1-2-5-27(21)33(22)41/h1-15,17-18,30H,16,19H2,(H2,38,43)(H,40,42)/t30-/m0/s1. The number of fused-ring (bicyclic) bond motifs is 3. The van der Waals surface area contributed by atoms with Crippen molar-refractivity contribution in [1.82, 2.24) is 14.9 Å². The number of halogens is 3.